The molecule has 0 aromatic carbocycles. The minimum atomic E-state index is -0.199. The molecular weight excluding hydrogens is 236 g/mol. The molecule has 0 rings (SSSR count). The summed E-state index contributed by atoms with van der Waals surface area (Å²) in [7, 11) is 0. The Morgan fingerprint density at radius 1 is 1.00 bits per heavy atom. The van der Waals surface area contributed by atoms with Gasteiger partial charge in [0.05, 0.1) is 0 Å². The third-order valence-electron chi connectivity index (χ3n) is 3.40. The Kier molecular flexibility index (Phi) is 13.1. The predicted molar refractivity (Wildman–Crippen MR) is 82.2 cm³/mol. The van der Waals surface area contributed by atoms with Gasteiger partial charge in [0, 0.05) is 6.92 Å². The van der Waals surface area contributed by atoms with Crippen molar-refractivity contribution in [3.63, 3.8) is 0 Å². The molecule has 0 aromatic heterocycles. The van der Waals surface area contributed by atoms with Crippen molar-refractivity contribution < 1.29 is 9.53 Å². The second kappa shape index (κ2) is 13.6. The lowest BCUT2D eigenvalue weighted by molar-refractivity contribution is -0.139. The first-order valence-corrected chi connectivity index (χ1v) is 8.00. The molecule has 0 bridgehead atoms. The van der Waals surface area contributed by atoms with Gasteiger partial charge in [-0.05, 0) is 18.8 Å². The molecule has 0 saturated carbocycles. The molecule has 1 atom stereocenters. The van der Waals surface area contributed by atoms with Crippen LogP contribution in [-0.4, -0.2) is 12.6 Å². The molecule has 0 N–H and O–H groups in total. The highest BCUT2D eigenvalue weighted by Gasteiger charge is 2.04. The van der Waals surface area contributed by atoms with Crippen LogP contribution in [0.2, 0.25) is 0 Å². The Labute approximate surface area is 119 Å². The Hall–Kier alpha value is -0.790. The third-order valence-corrected chi connectivity index (χ3v) is 3.40. The molecule has 2 heteroatoms. The first-order valence-electron chi connectivity index (χ1n) is 8.00. The highest BCUT2D eigenvalue weighted by molar-refractivity contribution is 5.65. The van der Waals surface area contributed by atoms with Gasteiger partial charge in [0.1, 0.15) is 6.61 Å². The van der Waals surface area contributed by atoms with Crippen molar-refractivity contribution in [2.45, 2.75) is 78.6 Å². The molecule has 19 heavy (non-hydrogen) atoms. The molecule has 0 saturated heterocycles. The van der Waals surface area contributed by atoms with Gasteiger partial charge in [-0.1, -0.05) is 70.9 Å². The van der Waals surface area contributed by atoms with E-state index >= 15 is 0 Å². The van der Waals surface area contributed by atoms with E-state index in [4.69, 9.17) is 4.74 Å². The van der Waals surface area contributed by atoms with E-state index in [1.54, 1.807) is 0 Å². The maximum atomic E-state index is 10.7. The van der Waals surface area contributed by atoms with E-state index in [9.17, 15) is 4.79 Å². The molecule has 0 heterocycles. The molecule has 0 aliphatic heterocycles. The molecule has 0 spiro atoms. The summed E-state index contributed by atoms with van der Waals surface area (Å²) in [6, 6.07) is 0. The highest BCUT2D eigenvalue weighted by Crippen LogP contribution is 2.19. The van der Waals surface area contributed by atoms with E-state index in [0.29, 0.717) is 12.5 Å². The van der Waals surface area contributed by atoms with E-state index in [2.05, 4.69) is 19.9 Å². The number of hydrogen-bond donors (Lipinski definition) is 0. The summed E-state index contributed by atoms with van der Waals surface area (Å²) in [5.74, 6) is 0.467. The van der Waals surface area contributed by atoms with Crippen LogP contribution >= 0.6 is 0 Å². The van der Waals surface area contributed by atoms with Crippen molar-refractivity contribution in [1.82, 2.24) is 0 Å². The Balaban J connectivity index is 3.90. The number of ether oxygens (including phenoxy) is 1. The third kappa shape index (κ3) is 13.4. The first kappa shape index (κ1) is 18.2. The van der Waals surface area contributed by atoms with Crippen LogP contribution in [-0.2, 0) is 9.53 Å². The molecule has 1 unspecified atom stereocenters. The standard InChI is InChI=1S/C17H32O2/c1-4-6-8-10-13-17(12-9-7-5-2)14-11-15-19-16(3)18/h11,14,17H,4-10,12-13,15H2,1-3H3/b14-11+. The topological polar surface area (TPSA) is 26.3 Å². The van der Waals surface area contributed by atoms with Crippen LogP contribution in [0.1, 0.15) is 78.6 Å². The van der Waals surface area contributed by atoms with Crippen LogP contribution in [0.25, 0.3) is 0 Å². The number of carbonyl (C=O) groups excluding carboxylic acids is 1. The van der Waals surface area contributed by atoms with Gasteiger partial charge in [-0.15, -0.1) is 0 Å². The summed E-state index contributed by atoms with van der Waals surface area (Å²) in [5, 5.41) is 0. The molecule has 0 aliphatic carbocycles. The maximum absolute atomic E-state index is 10.7. The van der Waals surface area contributed by atoms with E-state index in [1.807, 2.05) is 6.08 Å². The molecule has 0 amide bonds. The number of unbranched alkanes of at least 4 members (excludes halogenated alkanes) is 5. The van der Waals surface area contributed by atoms with Gasteiger partial charge in [-0.25, -0.2) is 0 Å². The first-order chi connectivity index (χ1) is 9.20. The van der Waals surface area contributed by atoms with Crippen LogP contribution in [0.5, 0.6) is 0 Å². The summed E-state index contributed by atoms with van der Waals surface area (Å²) in [5.41, 5.74) is 0. The fourth-order valence-corrected chi connectivity index (χ4v) is 2.24. The lowest BCUT2D eigenvalue weighted by Crippen LogP contribution is -2.00. The number of esters is 1. The molecule has 0 fully saturated rings. The Bertz CT molecular complexity index is 233. The number of carbonyl (C=O) groups is 1. The minimum Gasteiger partial charge on any atom is -0.462 e. The lowest BCUT2D eigenvalue weighted by Gasteiger charge is -2.12. The smallest absolute Gasteiger partial charge is 0.302 e. The average molecular weight is 268 g/mol. The van der Waals surface area contributed by atoms with Gasteiger partial charge in [-0.3, -0.25) is 4.79 Å². The second-order valence-corrected chi connectivity index (χ2v) is 5.34. The fourth-order valence-electron chi connectivity index (χ4n) is 2.24. The summed E-state index contributed by atoms with van der Waals surface area (Å²) < 4.78 is 4.94. The van der Waals surface area contributed by atoms with Crippen LogP contribution in [0.3, 0.4) is 0 Å². The Morgan fingerprint density at radius 2 is 1.58 bits per heavy atom. The zero-order valence-electron chi connectivity index (χ0n) is 13.1. The van der Waals surface area contributed by atoms with Crippen LogP contribution in [0.4, 0.5) is 0 Å². The summed E-state index contributed by atoms with van der Waals surface area (Å²) in [4.78, 5) is 10.7. The van der Waals surface area contributed by atoms with Crippen LogP contribution in [0.15, 0.2) is 12.2 Å². The molecular formula is C17H32O2. The van der Waals surface area contributed by atoms with Gasteiger partial charge in [0.15, 0.2) is 0 Å². The molecule has 0 radical (unpaired) electrons. The highest BCUT2D eigenvalue weighted by atomic mass is 16.5. The molecule has 112 valence electrons. The lowest BCUT2D eigenvalue weighted by atomic mass is 9.94. The normalized spacial score (nSPS) is 12.8. The van der Waals surface area contributed by atoms with E-state index in [-0.39, 0.29) is 5.97 Å². The number of rotatable bonds is 12. The van der Waals surface area contributed by atoms with Crippen molar-refractivity contribution in [3.05, 3.63) is 12.2 Å². The molecule has 0 aliphatic rings. The fraction of sp³-hybridized carbons (Fsp3) is 0.824. The number of hydrogen-bond acceptors (Lipinski definition) is 2. The van der Waals surface area contributed by atoms with Crippen molar-refractivity contribution in [2.75, 3.05) is 6.61 Å². The SMILES string of the molecule is CCCCCCC(/C=C/COC(C)=O)CCCCC. The van der Waals surface area contributed by atoms with Gasteiger partial charge >= 0.3 is 5.97 Å². The maximum Gasteiger partial charge on any atom is 0.302 e. The van der Waals surface area contributed by atoms with Crippen molar-refractivity contribution in [1.29, 1.82) is 0 Å². The Morgan fingerprint density at radius 3 is 2.16 bits per heavy atom. The summed E-state index contributed by atoms with van der Waals surface area (Å²) in [6.07, 6.45) is 16.0. The van der Waals surface area contributed by atoms with E-state index in [1.165, 1.54) is 64.7 Å². The van der Waals surface area contributed by atoms with Gasteiger partial charge < -0.3 is 4.74 Å². The van der Waals surface area contributed by atoms with E-state index < -0.39 is 0 Å². The molecule has 0 aromatic rings. The van der Waals surface area contributed by atoms with Crippen molar-refractivity contribution in [2.24, 2.45) is 5.92 Å². The summed E-state index contributed by atoms with van der Waals surface area (Å²) >= 11 is 0. The zero-order valence-corrected chi connectivity index (χ0v) is 13.1. The number of allylic oxidation sites excluding steroid dienone is 1. The van der Waals surface area contributed by atoms with Crippen LogP contribution < -0.4 is 0 Å². The molecule has 2 nitrogen and oxygen atoms in total. The van der Waals surface area contributed by atoms with Crippen LogP contribution in [0, 0.1) is 5.92 Å². The monoisotopic (exact) mass is 268 g/mol. The minimum absolute atomic E-state index is 0.199. The average Bonchev–Trinajstić information content (AvgIpc) is 2.38. The quantitative estimate of drug-likeness (QED) is 0.274. The van der Waals surface area contributed by atoms with Crippen molar-refractivity contribution >= 4 is 5.97 Å². The predicted octanol–water partition coefficient (Wildman–Crippen LogP) is 5.27. The van der Waals surface area contributed by atoms with Gasteiger partial charge in [-0.2, -0.15) is 0 Å². The van der Waals surface area contributed by atoms with Gasteiger partial charge in [0.25, 0.3) is 0 Å². The largest absolute Gasteiger partial charge is 0.462 e. The zero-order chi connectivity index (χ0) is 14.3. The second-order valence-electron chi connectivity index (χ2n) is 5.34. The van der Waals surface area contributed by atoms with Gasteiger partial charge in [0.2, 0.25) is 0 Å². The van der Waals surface area contributed by atoms with E-state index in [0.717, 1.165) is 0 Å². The van der Waals surface area contributed by atoms with Crippen molar-refractivity contribution in [3.8, 4) is 0 Å². The summed E-state index contributed by atoms with van der Waals surface area (Å²) in [6.45, 7) is 6.37.